The second-order valence-electron chi connectivity index (χ2n) is 3.21. The average Bonchev–Trinajstić information content (AvgIpc) is 2.30. The van der Waals surface area contributed by atoms with Crippen molar-refractivity contribution in [3.63, 3.8) is 0 Å². The normalized spacial score (nSPS) is 11.8. The summed E-state index contributed by atoms with van der Waals surface area (Å²) in [4.78, 5) is 22.1. The molecule has 1 unspecified atom stereocenters. The lowest BCUT2D eigenvalue weighted by Gasteiger charge is -2.15. The van der Waals surface area contributed by atoms with E-state index in [0.717, 1.165) is 5.56 Å². The molecule has 0 saturated carbocycles. The van der Waals surface area contributed by atoms with Gasteiger partial charge in [0.25, 0.3) is 0 Å². The van der Waals surface area contributed by atoms with Gasteiger partial charge in [0.05, 0.1) is 13.7 Å². The number of methoxy groups -OCH3 is 1. The fraction of sp³-hybridized carbons (Fsp3) is 0.273. The number of hydrogen-bond donors (Lipinski definition) is 2. The van der Waals surface area contributed by atoms with Crippen molar-refractivity contribution in [3.8, 4) is 0 Å². The average molecular weight is 222 g/mol. The molecule has 0 fully saturated rings. The molecule has 1 amide bonds. The van der Waals surface area contributed by atoms with Crippen molar-refractivity contribution in [2.45, 2.75) is 6.04 Å². The molecule has 0 saturated heterocycles. The molecule has 0 bridgehead atoms. The Bertz CT molecular complexity index is 365. The number of primary amides is 1. The molecular weight excluding hydrogens is 208 g/mol. The molecule has 0 aliphatic heterocycles. The van der Waals surface area contributed by atoms with Gasteiger partial charge < -0.3 is 10.5 Å². The van der Waals surface area contributed by atoms with Crippen LogP contribution in [0.3, 0.4) is 0 Å². The molecule has 5 heteroatoms. The van der Waals surface area contributed by atoms with Crippen LogP contribution in [-0.4, -0.2) is 25.5 Å². The minimum atomic E-state index is -0.668. The van der Waals surface area contributed by atoms with E-state index in [1.54, 1.807) is 24.3 Å². The SMILES string of the molecule is COC(=O)C(NCC(N)=O)c1ccccc1. The van der Waals surface area contributed by atoms with Crippen LogP contribution < -0.4 is 11.1 Å². The molecule has 1 rings (SSSR count). The van der Waals surface area contributed by atoms with Crippen molar-refractivity contribution in [2.75, 3.05) is 13.7 Å². The van der Waals surface area contributed by atoms with E-state index in [1.807, 2.05) is 6.07 Å². The predicted octanol–water partition coefficient (Wildman–Crippen LogP) is -0.0244. The van der Waals surface area contributed by atoms with Crippen molar-refractivity contribution in [2.24, 2.45) is 5.73 Å². The molecule has 0 aliphatic rings. The van der Waals surface area contributed by atoms with Crippen LogP contribution in [0.25, 0.3) is 0 Å². The van der Waals surface area contributed by atoms with E-state index in [1.165, 1.54) is 7.11 Å². The molecule has 86 valence electrons. The summed E-state index contributed by atoms with van der Waals surface area (Å²) in [6, 6.07) is 8.32. The number of rotatable bonds is 5. The van der Waals surface area contributed by atoms with E-state index < -0.39 is 17.9 Å². The van der Waals surface area contributed by atoms with Gasteiger partial charge in [-0.3, -0.25) is 10.1 Å². The molecule has 0 aliphatic carbocycles. The molecule has 5 nitrogen and oxygen atoms in total. The number of ether oxygens (including phenoxy) is 1. The van der Waals surface area contributed by atoms with E-state index in [9.17, 15) is 9.59 Å². The summed E-state index contributed by atoms with van der Waals surface area (Å²) in [5.74, 6) is -0.975. The summed E-state index contributed by atoms with van der Waals surface area (Å²) in [5, 5.41) is 2.74. The molecular formula is C11H14N2O3. The Hall–Kier alpha value is -1.88. The van der Waals surface area contributed by atoms with Gasteiger partial charge in [-0.2, -0.15) is 0 Å². The number of benzene rings is 1. The monoisotopic (exact) mass is 222 g/mol. The van der Waals surface area contributed by atoms with E-state index in [0.29, 0.717) is 0 Å². The first-order valence-corrected chi connectivity index (χ1v) is 4.79. The van der Waals surface area contributed by atoms with Gasteiger partial charge in [0.1, 0.15) is 6.04 Å². The van der Waals surface area contributed by atoms with Crippen molar-refractivity contribution in [1.82, 2.24) is 5.32 Å². The lowest BCUT2D eigenvalue weighted by molar-refractivity contribution is -0.143. The van der Waals surface area contributed by atoms with Crippen molar-refractivity contribution in [1.29, 1.82) is 0 Å². The van der Waals surface area contributed by atoms with Crippen LogP contribution in [0.5, 0.6) is 0 Å². The van der Waals surface area contributed by atoms with Crippen LogP contribution >= 0.6 is 0 Å². The van der Waals surface area contributed by atoms with Crippen molar-refractivity contribution >= 4 is 11.9 Å². The summed E-state index contributed by atoms with van der Waals surface area (Å²) in [5.41, 5.74) is 5.74. The highest BCUT2D eigenvalue weighted by Gasteiger charge is 2.20. The van der Waals surface area contributed by atoms with Crippen LogP contribution in [0.2, 0.25) is 0 Å². The van der Waals surface area contributed by atoms with E-state index in [4.69, 9.17) is 5.73 Å². The van der Waals surface area contributed by atoms with Crippen molar-refractivity contribution in [3.05, 3.63) is 35.9 Å². The van der Waals surface area contributed by atoms with Crippen LogP contribution in [0.1, 0.15) is 11.6 Å². The fourth-order valence-corrected chi connectivity index (χ4v) is 1.30. The van der Waals surface area contributed by atoms with Crippen LogP contribution in [-0.2, 0) is 14.3 Å². The maximum Gasteiger partial charge on any atom is 0.327 e. The lowest BCUT2D eigenvalue weighted by Crippen LogP contribution is -2.36. The predicted molar refractivity (Wildman–Crippen MR) is 58.4 cm³/mol. The highest BCUT2D eigenvalue weighted by Crippen LogP contribution is 2.13. The Morgan fingerprint density at radius 1 is 1.38 bits per heavy atom. The van der Waals surface area contributed by atoms with Gasteiger partial charge >= 0.3 is 5.97 Å². The molecule has 0 radical (unpaired) electrons. The standard InChI is InChI=1S/C11H14N2O3/c1-16-11(15)10(13-7-9(12)14)8-5-3-2-4-6-8/h2-6,10,13H,7H2,1H3,(H2,12,14). The summed E-state index contributed by atoms with van der Waals surface area (Å²) in [6.07, 6.45) is 0. The van der Waals surface area contributed by atoms with Gasteiger partial charge in [0, 0.05) is 0 Å². The van der Waals surface area contributed by atoms with Gasteiger partial charge in [-0.15, -0.1) is 0 Å². The number of carbonyl (C=O) groups is 2. The third-order valence-corrected chi connectivity index (χ3v) is 2.05. The van der Waals surface area contributed by atoms with Crippen LogP contribution in [0.4, 0.5) is 0 Å². The van der Waals surface area contributed by atoms with Gasteiger partial charge in [0.2, 0.25) is 5.91 Å². The fourth-order valence-electron chi connectivity index (χ4n) is 1.30. The first kappa shape index (κ1) is 12.2. The number of hydrogen-bond acceptors (Lipinski definition) is 4. The Kier molecular flexibility index (Phi) is 4.47. The molecule has 0 heterocycles. The highest BCUT2D eigenvalue weighted by atomic mass is 16.5. The van der Waals surface area contributed by atoms with E-state index >= 15 is 0 Å². The third-order valence-electron chi connectivity index (χ3n) is 2.05. The molecule has 0 aromatic heterocycles. The van der Waals surface area contributed by atoms with Gasteiger partial charge in [0.15, 0.2) is 0 Å². The number of nitrogens with two attached hydrogens (primary N) is 1. The van der Waals surface area contributed by atoms with Crippen LogP contribution in [0.15, 0.2) is 30.3 Å². The maximum atomic E-state index is 11.5. The smallest absolute Gasteiger partial charge is 0.327 e. The minimum absolute atomic E-state index is 0.0747. The number of carbonyl (C=O) groups excluding carboxylic acids is 2. The summed E-state index contributed by atoms with van der Waals surface area (Å²) < 4.78 is 4.65. The zero-order valence-electron chi connectivity index (χ0n) is 8.97. The Balaban J connectivity index is 2.79. The van der Waals surface area contributed by atoms with Gasteiger partial charge in [-0.05, 0) is 5.56 Å². The largest absolute Gasteiger partial charge is 0.468 e. The topological polar surface area (TPSA) is 81.4 Å². The maximum absolute atomic E-state index is 11.5. The Labute approximate surface area is 93.6 Å². The third kappa shape index (κ3) is 3.36. The first-order chi connectivity index (χ1) is 7.65. The second-order valence-corrected chi connectivity index (χ2v) is 3.21. The Morgan fingerprint density at radius 2 is 2.00 bits per heavy atom. The van der Waals surface area contributed by atoms with E-state index in [2.05, 4.69) is 10.1 Å². The van der Waals surface area contributed by atoms with Gasteiger partial charge in [-0.25, -0.2) is 4.79 Å². The Morgan fingerprint density at radius 3 is 2.50 bits per heavy atom. The summed E-state index contributed by atoms with van der Waals surface area (Å²) in [7, 11) is 1.30. The molecule has 16 heavy (non-hydrogen) atoms. The van der Waals surface area contributed by atoms with Crippen LogP contribution in [0, 0.1) is 0 Å². The molecule has 3 N–H and O–H groups in total. The molecule has 1 aromatic carbocycles. The van der Waals surface area contributed by atoms with Crippen molar-refractivity contribution < 1.29 is 14.3 Å². The zero-order chi connectivity index (χ0) is 12.0. The molecule has 0 spiro atoms. The first-order valence-electron chi connectivity index (χ1n) is 4.79. The molecule has 1 atom stereocenters. The van der Waals surface area contributed by atoms with Gasteiger partial charge in [-0.1, -0.05) is 30.3 Å². The second kappa shape index (κ2) is 5.87. The summed E-state index contributed by atoms with van der Waals surface area (Å²) >= 11 is 0. The minimum Gasteiger partial charge on any atom is -0.468 e. The zero-order valence-corrected chi connectivity index (χ0v) is 8.97. The quantitative estimate of drug-likeness (QED) is 0.686. The molecule has 1 aromatic rings. The van der Waals surface area contributed by atoms with E-state index in [-0.39, 0.29) is 6.54 Å². The lowest BCUT2D eigenvalue weighted by atomic mass is 10.1. The number of esters is 1. The highest BCUT2D eigenvalue weighted by molar-refractivity contribution is 5.80. The summed E-state index contributed by atoms with van der Waals surface area (Å²) in [6.45, 7) is -0.0747. The number of amides is 1. The number of nitrogens with one attached hydrogen (secondary N) is 1.